The molecule has 0 N–H and O–H groups in total. The molecule has 5 heteroatoms. The first-order valence-corrected chi connectivity index (χ1v) is 6.12. The number of carbonyl (C=O) groups excluding carboxylic acids is 1. The van der Waals surface area contributed by atoms with Gasteiger partial charge < -0.3 is 14.1 Å². The highest BCUT2D eigenvalue weighted by Gasteiger charge is 2.48. The summed E-state index contributed by atoms with van der Waals surface area (Å²) < 4.78 is 10.5. The lowest BCUT2D eigenvalue weighted by Crippen LogP contribution is -2.48. The molecule has 5 nitrogen and oxygen atoms in total. The maximum absolute atomic E-state index is 12.3. The van der Waals surface area contributed by atoms with Crippen LogP contribution in [0.4, 0.5) is 0 Å². The number of hydrogen-bond acceptors (Lipinski definition) is 4. The van der Waals surface area contributed by atoms with Gasteiger partial charge in [0.2, 0.25) is 5.91 Å². The third-order valence-corrected chi connectivity index (χ3v) is 3.58. The Balaban J connectivity index is 1.67. The van der Waals surface area contributed by atoms with Crippen molar-refractivity contribution in [3.05, 3.63) is 24.2 Å². The summed E-state index contributed by atoms with van der Waals surface area (Å²) in [4.78, 5) is 14.0. The summed E-state index contributed by atoms with van der Waals surface area (Å²) >= 11 is 0. The van der Waals surface area contributed by atoms with Crippen LogP contribution < -0.4 is 0 Å². The fourth-order valence-corrected chi connectivity index (χ4v) is 2.47. The summed E-state index contributed by atoms with van der Waals surface area (Å²) in [5, 5.41) is 9.02. The van der Waals surface area contributed by atoms with E-state index < -0.39 is 6.04 Å². The van der Waals surface area contributed by atoms with Crippen molar-refractivity contribution in [2.45, 2.75) is 18.4 Å². The van der Waals surface area contributed by atoms with E-state index in [2.05, 4.69) is 6.07 Å². The highest BCUT2D eigenvalue weighted by atomic mass is 16.5. The molecule has 0 aromatic carbocycles. The average Bonchev–Trinajstić information content (AvgIpc) is 3.03. The van der Waals surface area contributed by atoms with Crippen molar-refractivity contribution < 1.29 is 13.9 Å². The maximum atomic E-state index is 12.3. The van der Waals surface area contributed by atoms with Gasteiger partial charge >= 0.3 is 0 Å². The van der Waals surface area contributed by atoms with Gasteiger partial charge in [-0.15, -0.1) is 0 Å². The Hall–Kier alpha value is -1.80. The molecular weight excluding hydrogens is 232 g/mol. The van der Waals surface area contributed by atoms with E-state index in [0.29, 0.717) is 19.8 Å². The third-order valence-electron chi connectivity index (χ3n) is 3.58. The molecule has 1 saturated carbocycles. The van der Waals surface area contributed by atoms with Crippen LogP contribution in [0, 0.1) is 17.2 Å². The summed E-state index contributed by atoms with van der Waals surface area (Å²) in [6.07, 6.45) is 2.45. The van der Waals surface area contributed by atoms with E-state index in [1.807, 2.05) is 12.1 Å². The third kappa shape index (κ3) is 1.89. The molecule has 2 fully saturated rings. The van der Waals surface area contributed by atoms with Crippen LogP contribution in [0.25, 0.3) is 0 Å². The van der Waals surface area contributed by atoms with Crippen LogP contribution in [-0.2, 0) is 9.53 Å². The number of hydrogen-bond donors (Lipinski definition) is 0. The molecule has 0 bridgehead atoms. The van der Waals surface area contributed by atoms with Gasteiger partial charge in [-0.3, -0.25) is 4.79 Å². The van der Waals surface area contributed by atoms with E-state index in [-0.39, 0.29) is 17.7 Å². The van der Waals surface area contributed by atoms with Crippen molar-refractivity contribution in [1.82, 2.24) is 4.90 Å². The quantitative estimate of drug-likeness (QED) is 0.784. The number of amides is 1. The van der Waals surface area contributed by atoms with Crippen LogP contribution in [0.3, 0.4) is 0 Å². The van der Waals surface area contributed by atoms with Gasteiger partial charge in [-0.05, 0) is 18.6 Å². The molecule has 1 saturated heterocycles. The fraction of sp³-hybridized carbons (Fsp3) is 0.538. The molecule has 1 aliphatic heterocycles. The van der Waals surface area contributed by atoms with E-state index in [4.69, 9.17) is 14.4 Å². The lowest BCUT2D eigenvalue weighted by molar-refractivity contribution is -0.139. The zero-order valence-corrected chi connectivity index (χ0v) is 9.91. The highest BCUT2D eigenvalue weighted by molar-refractivity contribution is 5.83. The van der Waals surface area contributed by atoms with Crippen molar-refractivity contribution in [1.29, 1.82) is 5.26 Å². The Labute approximate surface area is 105 Å². The van der Waals surface area contributed by atoms with Gasteiger partial charge in [-0.2, -0.15) is 5.26 Å². The van der Waals surface area contributed by atoms with Crippen molar-refractivity contribution in [3.8, 4) is 6.07 Å². The Kier molecular flexibility index (Phi) is 2.80. The van der Waals surface area contributed by atoms with Crippen LogP contribution in [0.2, 0.25) is 0 Å². The summed E-state index contributed by atoms with van der Waals surface area (Å²) in [6.45, 7) is 1.35. The van der Waals surface area contributed by atoms with Crippen LogP contribution in [0.5, 0.6) is 0 Å². The number of ether oxygens (including phenoxy) is 1. The molecule has 0 spiro atoms. The minimum Gasteiger partial charge on any atom is -0.469 e. The second-order valence-corrected chi connectivity index (χ2v) is 4.72. The van der Waals surface area contributed by atoms with Gasteiger partial charge in [0.25, 0.3) is 0 Å². The lowest BCUT2D eigenvalue weighted by atomic mass is 10.2. The first-order chi connectivity index (χ1) is 8.81. The van der Waals surface area contributed by atoms with Crippen LogP contribution in [-0.4, -0.2) is 36.6 Å². The normalized spacial score (nSPS) is 30.8. The highest BCUT2D eigenvalue weighted by Crippen LogP contribution is 2.48. The maximum Gasteiger partial charge on any atom is 0.227 e. The molecule has 0 radical (unpaired) electrons. The molecular formula is C13H14N2O3. The van der Waals surface area contributed by atoms with E-state index in [1.54, 1.807) is 11.2 Å². The fourth-order valence-electron chi connectivity index (χ4n) is 2.47. The van der Waals surface area contributed by atoms with Crippen molar-refractivity contribution in [2.24, 2.45) is 5.92 Å². The molecule has 1 amide bonds. The molecule has 1 aromatic heterocycles. The first-order valence-electron chi connectivity index (χ1n) is 6.12. The second kappa shape index (κ2) is 4.46. The number of furan rings is 1. The van der Waals surface area contributed by atoms with Crippen LogP contribution in [0.1, 0.15) is 18.1 Å². The first kappa shape index (κ1) is 11.3. The van der Waals surface area contributed by atoms with E-state index in [0.717, 1.165) is 12.2 Å². The summed E-state index contributed by atoms with van der Waals surface area (Å²) in [6, 6.07) is 5.42. The van der Waals surface area contributed by atoms with Gasteiger partial charge in [0.15, 0.2) is 0 Å². The minimum absolute atomic E-state index is 0.0231. The molecule has 3 unspecified atom stereocenters. The SMILES string of the molecule is N#CC1COCCN1C(=O)C1CC1c1ccco1. The molecule has 2 heterocycles. The summed E-state index contributed by atoms with van der Waals surface area (Å²) in [5.74, 6) is 1.10. The topological polar surface area (TPSA) is 66.5 Å². The van der Waals surface area contributed by atoms with E-state index in [1.165, 1.54) is 0 Å². The molecule has 1 aliphatic carbocycles. The number of morpholine rings is 1. The van der Waals surface area contributed by atoms with Gasteiger partial charge in [-0.1, -0.05) is 0 Å². The average molecular weight is 246 g/mol. The molecule has 94 valence electrons. The van der Waals surface area contributed by atoms with Gasteiger partial charge in [0.05, 0.1) is 25.5 Å². The minimum atomic E-state index is -0.441. The number of rotatable bonds is 2. The zero-order chi connectivity index (χ0) is 12.5. The monoisotopic (exact) mass is 246 g/mol. The smallest absolute Gasteiger partial charge is 0.227 e. The zero-order valence-electron chi connectivity index (χ0n) is 9.91. The Morgan fingerprint density at radius 1 is 1.56 bits per heavy atom. The summed E-state index contributed by atoms with van der Waals surface area (Å²) in [7, 11) is 0. The van der Waals surface area contributed by atoms with E-state index in [9.17, 15) is 4.79 Å². The lowest BCUT2D eigenvalue weighted by Gasteiger charge is -2.31. The van der Waals surface area contributed by atoms with Crippen LogP contribution in [0.15, 0.2) is 22.8 Å². The molecule has 3 atom stereocenters. The Morgan fingerprint density at radius 2 is 2.44 bits per heavy atom. The molecule has 18 heavy (non-hydrogen) atoms. The predicted octanol–water partition coefficient (Wildman–Crippen LogP) is 1.13. The van der Waals surface area contributed by atoms with Gasteiger partial charge in [-0.25, -0.2) is 0 Å². The predicted molar refractivity (Wildman–Crippen MR) is 61.5 cm³/mol. The largest absolute Gasteiger partial charge is 0.469 e. The van der Waals surface area contributed by atoms with E-state index >= 15 is 0 Å². The van der Waals surface area contributed by atoms with Gasteiger partial charge in [0.1, 0.15) is 11.8 Å². The standard InChI is InChI=1S/C13H14N2O3/c14-7-9-8-17-5-3-15(9)13(16)11-6-10(11)12-2-1-4-18-12/h1-2,4,9-11H,3,5-6,8H2. The second-order valence-electron chi connectivity index (χ2n) is 4.72. The van der Waals surface area contributed by atoms with Gasteiger partial charge in [0, 0.05) is 18.4 Å². The number of nitriles is 1. The number of nitrogens with zero attached hydrogens (tertiary/aromatic N) is 2. The van der Waals surface area contributed by atoms with Crippen molar-refractivity contribution in [3.63, 3.8) is 0 Å². The van der Waals surface area contributed by atoms with Crippen molar-refractivity contribution >= 4 is 5.91 Å². The molecule has 2 aliphatic rings. The molecule has 1 aromatic rings. The van der Waals surface area contributed by atoms with Crippen LogP contribution >= 0.6 is 0 Å². The number of carbonyl (C=O) groups is 1. The summed E-state index contributed by atoms with van der Waals surface area (Å²) in [5.41, 5.74) is 0. The Morgan fingerprint density at radius 3 is 3.17 bits per heavy atom. The Bertz CT molecular complexity index is 477. The van der Waals surface area contributed by atoms with Crippen molar-refractivity contribution in [2.75, 3.05) is 19.8 Å². The molecule has 3 rings (SSSR count).